The molecule has 0 saturated heterocycles. The normalized spacial score (nSPS) is 9.80. The van der Waals surface area contributed by atoms with Crippen LogP contribution in [0.25, 0.3) is 10.9 Å². The van der Waals surface area contributed by atoms with Gasteiger partial charge in [0, 0.05) is 21.4 Å². The molecule has 1 heterocycles. The molecule has 0 saturated carbocycles. The summed E-state index contributed by atoms with van der Waals surface area (Å²) >= 11 is 3.26. The average molecular weight is 299 g/mol. The minimum Gasteiger partial charge on any atom is -0.384 e. The summed E-state index contributed by atoms with van der Waals surface area (Å²) in [5, 5.41) is 9.80. The van der Waals surface area contributed by atoms with Crippen molar-refractivity contribution < 1.29 is 5.11 Å². The van der Waals surface area contributed by atoms with Gasteiger partial charge in [-0.25, -0.2) is 0 Å². The second-order valence-electron chi connectivity index (χ2n) is 3.76. The zero-order valence-electron chi connectivity index (χ0n) is 10.8. The number of terminal acetylenes is 1. The molecule has 0 radical (unpaired) electrons. The predicted octanol–water partition coefficient (Wildman–Crippen LogP) is 3.05. The van der Waals surface area contributed by atoms with Gasteiger partial charge in [0.15, 0.2) is 0 Å². The van der Waals surface area contributed by atoms with Crippen molar-refractivity contribution in [3.63, 3.8) is 0 Å². The van der Waals surface area contributed by atoms with Crippen molar-refractivity contribution in [1.29, 1.82) is 0 Å². The third kappa shape index (κ3) is 3.71. The van der Waals surface area contributed by atoms with Crippen LogP contribution in [0.3, 0.4) is 0 Å². The van der Waals surface area contributed by atoms with Crippen LogP contribution in [0.15, 0.2) is 40.3 Å². The van der Waals surface area contributed by atoms with Gasteiger partial charge in [0.05, 0.1) is 17.0 Å². The molecule has 0 aliphatic carbocycles. The molecule has 4 heteroatoms. The van der Waals surface area contributed by atoms with Gasteiger partial charge in [-0.1, -0.05) is 36.0 Å². The lowest BCUT2D eigenvalue weighted by atomic mass is 10.2. The lowest BCUT2D eigenvalue weighted by molar-refractivity contribution is 0.350. The summed E-state index contributed by atoms with van der Waals surface area (Å²) in [6.45, 7) is -0.101. The Morgan fingerprint density at radius 1 is 1.15 bits per heavy atom. The molecule has 2 aromatic rings. The standard InChI is InChI=1S/C16H13NOS2/c1-2-10-19-15-12-17-14-8-4-3-7-13(14)16(15)20-11-6-5-9-18/h1,3-4,7-8,12,18H,9-11H2. The number of nitrogens with zero attached hydrogens (tertiary/aromatic N) is 1. The van der Waals surface area contributed by atoms with Gasteiger partial charge < -0.3 is 5.11 Å². The number of hydrogen-bond donors (Lipinski definition) is 1. The van der Waals surface area contributed by atoms with Crippen molar-refractivity contribution in [3.8, 4) is 24.2 Å². The van der Waals surface area contributed by atoms with E-state index in [9.17, 15) is 0 Å². The molecule has 2 rings (SSSR count). The summed E-state index contributed by atoms with van der Waals surface area (Å²) in [5.41, 5.74) is 0.968. The first-order valence-electron chi connectivity index (χ1n) is 6.00. The van der Waals surface area contributed by atoms with Crippen LogP contribution < -0.4 is 0 Å². The van der Waals surface area contributed by atoms with Crippen LogP contribution in [0.5, 0.6) is 0 Å². The molecule has 2 nitrogen and oxygen atoms in total. The highest BCUT2D eigenvalue weighted by Gasteiger charge is 2.09. The fourth-order valence-corrected chi connectivity index (χ4v) is 3.49. The Bertz CT molecular complexity index is 695. The van der Waals surface area contributed by atoms with E-state index in [1.807, 2.05) is 24.4 Å². The summed E-state index contributed by atoms with van der Waals surface area (Å²) < 4.78 is 0. The van der Waals surface area contributed by atoms with Gasteiger partial charge >= 0.3 is 0 Å². The Labute approximate surface area is 127 Å². The SMILES string of the molecule is C#CCSc1cnc2ccccc2c1SCC#CCO. The molecule has 0 aliphatic rings. The number of rotatable bonds is 4. The Hall–Kier alpha value is -1.59. The smallest absolute Gasteiger partial charge is 0.104 e. The lowest BCUT2D eigenvalue weighted by Gasteiger charge is -2.09. The molecule has 20 heavy (non-hydrogen) atoms. The maximum atomic E-state index is 8.69. The van der Waals surface area contributed by atoms with Gasteiger partial charge in [-0.3, -0.25) is 4.98 Å². The van der Waals surface area contributed by atoms with Crippen LogP contribution >= 0.6 is 23.5 Å². The Morgan fingerprint density at radius 2 is 2.00 bits per heavy atom. The van der Waals surface area contributed by atoms with Crippen molar-refractivity contribution >= 4 is 34.4 Å². The van der Waals surface area contributed by atoms with Crippen molar-refractivity contribution in [2.45, 2.75) is 9.79 Å². The third-order valence-electron chi connectivity index (χ3n) is 2.50. The topological polar surface area (TPSA) is 33.1 Å². The molecule has 100 valence electrons. The number of pyridine rings is 1. The molecular formula is C16H13NOS2. The number of thioether (sulfide) groups is 2. The number of hydrogen-bond acceptors (Lipinski definition) is 4. The minimum absolute atomic E-state index is 0.101. The van der Waals surface area contributed by atoms with Gasteiger partial charge in [-0.2, -0.15) is 0 Å². The second kappa shape index (κ2) is 7.87. The maximum absolute atomic E-state index is 8.69. The van der Waals surface area contributed by atoms with E-state index < -0.39 is 0 Å². The molecule has 1 aromatic carbocycles. The Balaban J connectivity index is 2.36. The number of para-hydroxylation sites is 1. The number of aliphatic hydroxyl groups excluding tert-OH is 1. The second-order valence-corrected chi connectivity index (χ2v) is 5.76. The van der Waals surface area contributed by atoms with Crippen molar-refractivity contribution in [2.24, 2.45) is 0 Å². The fourth-order valence-electron chi connectivity index (χ4n) is 1.68. The van der Waals surface area contributed by atoms with Crippen molar-refractivity contribution in [3.05, 3.63) is 30.5 Å². The van der Waals surface area contributed by atoms with E-state index in [0.717, 1.165) is 20.7 Å². The fraction of sp³-hybridized carbons (Fsp3) is 0.188. The lowest BCUT2D eigenvalue weighted by Crippen LogP contribution is -1.88. The van der Waals surface area contributed by atoms with E-state index in [1.54, 1.807) is 23.5 Å². The largest absolute Gasteiger partial charge is 0.384 e. The quantitative estimate of drug-likeness (QED) is 0.695. The predicted molar refractivity (Wildman–Crippen MR) is 86.9 cm³/mol. The molecule has 0 spiro atoms. The van der Waals surface area contributed by atoms with Crippen LogP contribution in [-0.4, -0.2) is 28.2 Å². The molecule has 0 atom stereocenters. The first kappa shape index (κ1) is 14.8. The number of aromatic nitrogens is 1. The van der Waals surface area contributed by atoms with E-state index in [4.69, 9.17) is 11.5 Å². The van der Waals surface area contributed by atoms with E-state index in [-0.39, 0.29) is 6.61 Å². The van der Waals surface area contributed by atoms with Gasteiger partial charge in [0.1, 0.15) is 6.61 Å². The molecule has 1 aromatic heterocycles. The van der Waals surface area contributed by atoms with E-state index in [2.05, 4.69) is 28.8 Å². The van der Waals surface area contributed by atoms with Gasteiger partial charge in [-0.05, 0) is 6.07 Å². The Morgan fingerprint density at radius 3 is 2.80 bits per heavy atom. The van der Waals surface area contributed by atoms with Crippen molar-refractivity contribution in [2.75, 3.05) is 18.1 Å². The molecule has 0 unspecified atom stereocenters. The van der Waals surface area contributed by atoms with Crippen LogP contribution in [0.4, 0.5) is 0 Å². The summed E-state index contributed by atoms with van der Waals surface area (Å²) in [5.74, 6) is 9.47. The molecule has 0 amide bonds. The summed E-state index contributed by atoms with van der Waals surface area (Å²) in [7, 11) is 0. The number of aliphatic hydroxyl groups is 1. The minimum atomic E-state index is -0.101. The molecule has 0 bridgehead atoms. The molecule has 0 aliphatic heterocycles. The highest BCUT2D eigenvalue weighted by molar-refractivity contribution is 8.02. The average Bonchev–Trinajstić information content (AvgIpc) is 2.50. The summed E-state index contributed by atoms with van der Waals surface area (Å²) in [4.78, 5) is 6.70. The van der Waals surface area contributed by atoms with Gasteiger partial charge in [0.25, 0.3) is 0 Å². The summed E-state index contributed by atoms with van der Waals surface area (Å²) in [6.07, 6.45) is 7.20. The van der Waals surface area contributed by atoms with Crippen molar-refractivity contribution in [1.82, 2.24) is 4.98 Å². The number of fused-ring (bicyclic) bond motifs is 1. The van der Waals surface area contributed by atoms with Crippen LogP contribution in [0.2, 0.25) is 0 Å². The monoisotopic (exact) mass is 299 g/mol. The van der Waals surface area contributed by atoms with Gasteiger partial charge in [-0.15, -0.1) is 29.9 Å². The highest BCUT2D eigenvalue weighted by atomic mass is 32.2. The molecule has 0 fully saturated rings. The van der Waals surface area contributed by atoms with Gasteiger partial charge in [0.2, 0.25) is 0 Å². The van der Waals surface area contributed by atoms with E-state index >= 15 is 0 Å². The maximum Gasteiger partial charge on any atom is 0.104 e. The van der Waals surface area contributed by atoms with E-state index in [0.29, 0.717) is 11.5 Å². The van der Waals surface area contributed by atoms with Crippen LogP contribution in [0, 0.1) is 24.2 Å². The third-order valence-corrected chi connectivity index (χ3v) is 4.58. The first-order chi connectivity index (χ1) is 9.86. The van der Waals surface area contributed by atoms with Crippen LogP contribution in [-0.2, 0) is 0 Å². The van der Waals surface area contributed by atoms with Crippen LogP contribution in [0.1, 0.15) is 0 Å². The zero-order valence-corrected chi connectivity index (χ0v) is 12.4. The first-order valence-corrected chi connectivity index (χ1v) is 7.97. The molecule has 1 N–H and O–H groups in total. The molecular weight excluding hydrogens is 286 g/mol. The number of benzene rings is 1. The van der Waals surface area contributed by atoms with E-state index in [1.165, 1.54) is 0 Å². The summed E-state index contributed by atoms with van der Waals surface area (Å²) in [6, 6.07) is 8.03. The zero-order chi connectivity index (χ0) is 14.2. The highest BCUT2D eigenvalue weighted by Crippen LogP contribution is 2.35. The Kier molecular flexibility index (Phi) is 5.83.